The van der Waals surface area contributed by atoms with Crippen molar-refractivity contribution in [1.29, 1.82) is 0 Å². The molecule has 9 nitrogen and oxygen atoms in total. The molecule has 4 rings (SSSR count). The number of nitrogens with zero attached hydrogens (tertiary/aromatic N) is 7. The number of carbonyl (C=O) groups excluding carboxylic acids is 1. The van der Waals surface area contributed by atoms with Crippen LogP contribution in [0.1, 0.15) is 17.3 Å². The van der Waals surface area contributed by atoms with Crippen LogP contribution in [0.15, 0.2) is 42.9 Å². The van der Waals surface area contributed by atoms with E-state index in [-0.39, 0.29) is 18.6 Å². The predicted octanol–water partition coefficient (Wildman–Crippen LogP) is 0.689. The Bertz CT molecular complexity index is 884. The van der Waals surface area contributed by atoms with E-state index < -0.39 is 0 Å². The highest BCUT2D eigenvalue weighted by Crippen LogP contribution is 2.21. The second-order valence-electron chi connectivity index (χ2n) is 6.26. The number of likely N-dealkylation sites (tertiary alicyclic amines) is 1. The van der Waals surface area contributed by atoms with Crippen LogP contribution in [0.4, 0.5) is 0 Å². The lowest BCUT2D eigenvalue weighted by Gasteiger charge is -2.38. The van der Waals surface area contributed by atoms with Gasteiger partial charge in [-0.1, -0.05) is 23.4 Å². The number of ether oxygens (including phenoxy) is 1. The van der Waals surface area contributed by atoms with Crippen LogP contribution in [0, 0.1) is 6.92 Å². The molecule has 0 N–H and O–H groups in total. The lowest BCUT2D eigenvalue weighted by atomic mass is 10.1. The first-order valence-electron chi connectivity index (χ1n) is 8.40. The molecule has 0 radical (unpaired) electrons. The lowest BCUT2D eigenvalue weighted by Crippen LogP contribution is -2.52. The molecule has 1 aromatic carbocycles. The molecule has 0 unspecified atom stereocenters. The lowest BCUT2D eigenvalue weighted by molar-refractivity contribution is -0.139. The van der Waals surface area contributed by atoms with Gasteiger partial charge < -0.3 is 9.64 Å². The van der Waals surface area contributed by atoms with E-state index in [4.69, 9.17) is 4.74 Å². The Morgan fingerprint density at radius 3 is 2.77 bits per heavy atom. The summed E-state index contributed by atoms with van der Waals surface area (Å²) < 4.78 is 7.41. The van der Waals surface area contributed by atoms with Crippen LogP contribution < -0.4 is 4.74 Å². The van der Waals surface area contributed by atoms with Crippen molar-refractivity contribution < 1.29 is 9.53 Å². The molecule has 0 atom stereocenters. The normalized spacial score (nSPS) is 14.3. The molecular weight excluding hydrogens is 334 g/mol. The van der Waals surface area contributed by atoms with Crippen molar-refractivity contribution in [3.63, 3.8) is 0 Å². The monoisotopic (exact) mass is 353 g/mol. The minimum absolute atomic E-state index is 0.0226. The summed E-state index contributed by atoms with van der Waals surface area (Å²) in [4.78, 5) is 15.6. The first kappa shape index (κ1) is 16.2. The molecule has 26 heavy (non-hydrogen) atoms. The average molecular weight is 353 g/mol. The van der Waals surface area contributed by atoms with E-state index in [9.17, 15) is 4.79 Å². The average Bonchev–Trinajstić information content (AvgIpc) is 3.26. The number of hydrogen-bond acceptors (Lipinski definition) is 6. The molecule has 1 aliphatic heterocycles. The van der Waals surface area contributed by atoms with Crippen LogP contribution >= 0.6 is 0 Å². The predicted molar refractivity (Wildman–Crippen MR) is 91.4 cm³/mol. The molecular formula is C17H19N7O2. The summed E-state index contributed by atoms with van der Waals surface area (Å²) in [6.45, 7) is 3.70. The van der Waals surface area contributed by atoms with Gasteiger partial charge in [-0.15, -0.1) is 5.10 Å². The molecule has 3 aromatic rings. The van der Waals surface area contributed by atoms with Gasteiger partial charge in [0.1, 0.15) is 18.0 Å². The number of hydrogen-bond donors (Lipinski definition) is 0. The summed E-state index contributed by atoms with van der Waals surface area (Å²) in [7, 11) is 0. The maximum Gasteiger partial charge on any atom is 0.260 e. The van der Waals surface area contributed by atoms with Crippen molar-refractivity contribution in [2.45, 2.75) is 19.5 Å². The van der Waals surface area contributed by atoms with Gasteiger partial charge in [-0.25, -0.2) is 4.68 Å². The topological polar surface area (TPSA) is 91.0 Å². The van der Waals surface area contributed by atoms with Crippen molar-refractivity contribution in [1.82, 2.24) is 34.9 Å². The summed E-state index contributed by atoms with van der Waals surface area (Å²) in [6, 6.07) is 7.81. The Hall–Kier alpha value is -3.23. The standard InChI is InChI=1S/C17H19N7O2/c1-13-4-2-3-5-16(13)26-12-17(25)22-10-15(11-22)23-8-14(20-21-23)9-24-18-6-7-19-24/h2-8,15H,9-12H2,1H3. The van der Waals surface area contributed by atoms with E-state index in [2.05, 4.69) is 20.5 Å². The maximum atomic E-state index is 12.2. The molecule has 0 spiro atoms. The Balaban J connectivity index is 1.26. The van der Waals surface area contributed by atoms with Crippen LogP contribution in [0.25, 0.3) is 0 Å². The van der Waals surface area contributed by atoms with Gasteiger partial charge in [0.05, 0.1) is 24.6 Å². The first-order valence-corrected chi connectivity index (χ1v) is 8.40. The molecule has 1 amide bonds. The minimum Gasteiger partial charge on any atom is -0.484 e. The van der Waals surface area contributed by atoms with Gasteiger partial charge >= 0.3 is 0 Å². The third-order valence-electron chi connectivity index (χ3n) is 4.36. The third kappa shape index (κ3) is 3.41. The van der Waals surface area contributed by atoms with E-state index in [1.807, 2.05) is 37.4 Å². The quantitative estimate of drug-likeness (QED) is 0.647. The van der Waals surface area contributed by atoms with Crippen LogP contribution in [0.2, 0.25) is 0 Å². The van der Waals surface area contributed by atoms with Gasteiger partial charge in [0, 0.05) is 13.1 Å². The molecule has 134 valence electrons. The smallest absolute Gasteiger partial charge is 0.260 e. The minimum atomic E-state index is -0.0226. The number of aromatic nitrogens is 6. The Morgan fingerprint density at radius 1 is 1.23 bits per heavy atom. The molecule has 2 aromatic heterocycles. The zero-order chi connectivity index (χ0) is 17.9. The second-order valence-corrected chi connectivity index (χ2v) is 6.26. The summed E-state index contributed by atoms with van der Waals surface area (Å²) >= 11 is 0. The second kappa shape index (κ2) is 6.95. The highest BCUT2D eigenvalue weighted by atomic mass is 16.5. The van der Waals surface area contributed by atoms with Crippen molar-refractivity contribution in [2.75, 3.05) is 19.7 Å². The van der Waals surface area contributed by atoms with E-state index in [0.717, 1.165) is 17.0 Å². The van der Waals surface area contributed by atoms with Crippen molar-refractivity contribution in [3.05, 3.63) is 54.1 Å². The fourth-order valence-electron chi connectivity index (χ4n) is 2.81. The number of rotatable bonds is 6. The number of benzene rings is 1. The maximum absolute atomic E-state index is 12.2. The molecule has 3 heterocycles. The Labute approximate surface area is 150 Å². The van der Waals surface area contributed by atoms with E-state index in [1.54, 1.807) is 26.8 Å². The molecule has 0 aliphatic carbocycles. The van der Waals surface area contributed by atoms with Gasteiger partial charge in [-0.3, -0.25) is 4.79 Å². The fourth-order valence-corrected chi connectivity index (χ4v) is 2.81. The molecule has 0 saturated carbocycles. The van der Waals surface area contributed by atoms with Gasteiger partial charge in [-0.2, -0.15) is 15.0 Å². The van der Waals surface area contributed by atoms with Crippen LogP contribution in [-0.2, 0) is 11.3 Å². The largest absolute Gasteiger partial charge is 0.484 e. The van der Waals surface area contributed by atoms with Crippen molar-refractivity contribution >= 4 is 5.91 Å². The summed E-state index contributed by atoms with van der Waals surface area (Å²) in [5, 5.41) is 16.4. The number of aryl methyl sites for hydroxylation is 1. The van der Waals surface area contributed by atoms with E-state index >= 15 is 0 Å². The molecule has 1 fully saturated rings. The zero-order valence-electron chi connectivity index (χ0n) is 14.4. The Kier molecular flexibility index (Phi) is 4.34. The number of carbonyl (C=O) groups is 1. The highest BCUT2D eigenvalue weighted by molar-refractivity contribution is 5.78. The van der Waals surface area contributed by atoms with Crippen molar-refractivity contribution in [2.24, 2.45) is 0 Å². The molecule has 0 bridgehead atoms. The van der Waals surface area contributed by atoms with Crippen molar-refractivity contribution in [3.8, 4) is 5.75 Å². The highest BCUT2D eigenvalue weighted by Gasteiger charge is 2.33. The summed E-state index contributed by atoms with van der Waals surface area (Å²) in [6.07, 6.45) is 5.12. The first-order chi connectivity index (χ1) is 12.7. The summed E-state index contributed by atoms with van der Waals surface area (Å²) in [5.41, 5.74) is 1.80. The SMILES string of the molecule is Cc1ccccc1OCC(=O)N1CC(n2cc(Cn3nccn3)nn2)C1. The fraction of sp³-hybridized carbons (Fsp3) is 0.353. The van der Waals surface area contributed by atoms with E-state index in [1.165, 1.54) is 0 Å². The zero-order valence-corrected chi connectivity index (χ0v) is 14.4. The number of para-hydroxylation sites is 1. The Morgan fingerprint density at radius 2 is 2.00 bits per heavy atom. The molecule has 1 aliphatic rings. The molecule has 9 heteroatoms. The van der Waals surface area contributed by atoms with Gasteiger partial charge in [-0.05, 0) is 18.6 Å². The van der Waals surface area contributed by atoms with Gasteiger partial charge in [0.2, 0.25) is 0 Å². The van der Waals surface area contributed by atoms with Crippen LogP contribution in [0.3, 0.4) is 0 Å². The van der Waals surface area contributed by atoms with Crippen LogP contribution in [0.5, 0.6) is 5.75 Å². The van der Waals surface area contributed by atoms with Gasteiger partial charge in [0.15, 0.2) is 6.61 Å². The van der Waals surface area contributed by atoms with Crippen LogP contribution in [-0.4, -0.2) is 60.5 Å². The molecule has 1 saturated heterocycles. The van der Waals surface area contributed by atoms with E-state index in [0.29, 0.717) is 19.6 Å². The number of amides is 1. The van der Waals surface area contributed by atoms with Gasteiger partial charge in [0.25, 0.3) is 5.91 Å². The summed E-state index contributed by atoms with van der Waals surface area (Å²) in [5.74, 6) is 0.719. The third-order valence-corrected chi connectivity index (χ3v) is 4.36.